The number of hydrogen-bond donors (Lipinski definition) is 1. The van der Waals surface area contributed by atoms with E-state index in [9.17, 15) is 0 Å². The smallest absolute Gasteiger partial charge is 0.0449 e. The molecule has 1 heterocycles. The Morgan fingerprint density at radius 3 is 2.62 bits per heavy atom. The van der Waals surface area contributed by atoms with E-state index in [0.29, 0.717) is 6.04 Å². The highest BCUT2D eigenvalue weighted by Gasteiger charge is 2.19. The average Bonchev–Trinajstić information content (AvgIpc) is 2.76. The number of halogens is 1. The zero-order valence-electron chi connectivity index (χ0n) is 12.1. The van der Waals surface area contributed by atoms with E-state index in [2.05, 4.69) is 80.7 Å². The van der Waals surface area contributed by atoms with E-state index in [0.717, 1.165) is 26.2 Å². The van der Waals surface area contributed by atoms with Gasteiger partial charge in [-0.15, -0.1) is 0 Å². The van der Waals surface area contributed by atoms with Crippen LogP contribution in [0.4, 0.5) is 0 Å². The zero-order valence-corrected chi connectivity index (χ0v) is 13.7. The van der Waals surface area contributed by atoms with Crippen molar-refractivity contribution in [1.82, 2.24) is 10.2 Å². The van der Waals surface area contributed by atoms with E-state index < -0.39 is 0 Å². The molecule has 1 aliphatic rings. The molecule has 0 spiro atoms. The van der Waals surface area contributed by atoms with Gasteiger partial charge in [0.15, 0.2) is 0 Å². The minimum atomic E-state index is 0.427. The molecule has 21 heavy (non-hydrogen) atoms. The van der Waals surface area contributed by atoms with Crippen molar-refractivity contribution in [3.05, 3.63) is 70.2 Å². The lowest BCUT2D eigenvalue weighted by atomic mass is 10.1. The summed E-state index contributed by atoms with van der Waals surface area (Å²) < 4.78 is 1.21. The molecule has 0 bridgehead atoms. The Morgan fingerprint density at radius 1 is 1.05 bits per heavy atom. The maximum atomic E-state index is 3.67. The van der Waals surface area contributed by atoms with Crippen LogP contribution in [-0.2, 0) is 6.54 Å². The number of rotatable bonds is 3. The van der Waals surface area contributed by atoms with Crippen LogP contribution in [0.2, 0.25) is 0 Å². The number of hydrogen-bond acceptors (Lipinski definition) is 2. The fraction of sp³-hybridized carbons (Fsp3) is 0.333. The first-order chi connectivity index (χ1) is 10.3. The largest absolute Gasteiger partial charge is 0.309 e. The van der Waals surface area contributed by atoms with Crippen LogP contribution in [0.5, 0.6) is 0 Å². The van der Waals surface area contributed by atoms with Crippen LogP contribution in [-0.4, -0.2) is 24.5 Å². The van der Waals surface area contributed by atoms with Crippen LogP contribution < -0.4 is 5.32 Å². The van der Waals surface area contributed by atoms with Gasteiger partial charge in [0, 0.05) is 23.6 Å². The summed E-state index contributed by atoms with van der Waals surface area (Å²) in [7, 11) is 0. The molecule has 0 saturated carbocycles. The molecule has 2 aromatic rings. The lowest BCUT2D eigenvalue weighted by Gasteiger charge is -2.25. The molecule has 3 heteroatoms. The molecule has 0 aliphatic carbocycles. The Kier molecular flexibility index (Phi) is 5.07. The lowest BCUT2D eigenvalue weighted by molar-refractivity contribution is 0.260. The molecule has 1 N–H and O–H groups in total. The summed E-state index contributed by atoms with van der Waals surface area (Å²) in [4.78, 5) is 2.55. The summed E-state index contributed by atoms with van der Waals surface area (Å²) in [5.74, 6) is 0. The van der Waals surface area contributed by atoms with E-state index in [1.807, 2.05) is 0 Å². The Bertz CT molecular complexity index is 570. The van der Waals surface area contributed by atoms with Crippen molar-refractivity contribution in [1.29, 1.82) is 0 Å². The molecule has 2 nitrogen and oxygen atoms in total. The number of benzene rings is 2. The third-order valence-electron chi connectivity index (χ3n) is 4.04. The molecular formula is C18H21BrN2. The van der Waals surface area contributed by atoms with Crippen molar-refractivity contribution in [3.63, 3.8) is 0 Å². The highest BCUT2D eigenvalue weighted by Crippen LogP contribution is 2.21. The van der Waals surface area contributed by atoms with Crippen molar-refractivity contribution in [2.45, 2.75) is 19.0 Å². The van der Waals surface area contributed by atoms with E-state index in [1.165, 1.54) is 22.0 Å². The summed E-state index contributed by atoms with van der Waals surface area (Å²) in [5, 5.41) is 3.67. The van der Waals surface area contributed by atoms with Gasteiger partial charge in [-0.05, 0) is 36.7 Å². The quantitative estimate of drug-likeness (QED) is 0.905. The van der Waals surface area contributed by atoms with Crippen LogP contribution in [0.1, 0.15) is 23.6 Å². The summed E-state index contributed by atoms with van der Waals surface area (Å²) in [5.41, 5.74) is 2.75. The molecule has 2 aromatic carbocycles. The summed E-state index contributed by atoms with van der Waals surface area (Å²) in [6.07, 6.45) is 1.20. The Balaban J connectivity index is 1.72. The van der Waals surface area contributed by atoms with Crippen LogP contribution in [0.25, 0.3) is 0 Å². The predicted molar refractivity (Wildman–Crippen MR) is 91.2 cm³/mol. The first-order valence-electron chi connectivity index (χ1n) is 7.57. The lowest BCUT2D eigenvalue weighted by Crippen LogP contribution is -2.31. The maximum absolute atomic E-state index is 3.67. The molecule has 0 amide bonds. The molecule has 0 radical (unpaired) electrons. The minimum Gasteiger partial charge on any atom is -0.309 e. The summed E-state index contributed by atoms with van der Waals surface area (Å²) in [6, 6.07) is 19.7. The third kappa shape index (κ3) is 3.94. The Labute approximate surface area is 135 Å². The minimum absolute atomic E-state index is 0.427. The molecule has 1 fully saturated rings. The van der Waals surface area contributed by atoms with Crippen molar-refractivity contribution in [2.75, 3.05) is 19.6 Å². The first kappa shape index (κ1) is 14.8. The van der Waals surface area contributed by atoms with Gasteiger partial charge in [0.25, 0.3) is 0 Å². The SMILES string of the molecule is Brc1ccccc1CN1CCCNC(c2ccccc2)C1. The van der Waals surface area contributed by atoms with E-state index in [1.54, 1.807) is 0 Å². The van der Waals surface area contributed by atoms with Gasteiger partial charge in [0.2, 0.25) is 0 Å². The second kappa shape index (κ2) is 7.21. The summed E-state index contributed by atoms with van der Waals surface area (Å²) in [6.45, 7) is 4.31. The van der Waals surface area contributed by atoms with Gasteiger partial charge in [-0.2, -0.15) is 0 Å². The van der Waals surface area contributed by atoms with Gasteiger partial charge in [-0.3, -0.25) is 4.90 Å². The molecule has 0 aromatic heterocycles. The normalized spacial score (nSPS) is 20.1. The highest BCUT2D eigenvalue weighted by atomic mass is 79.9. The third-order valence-corrected chi connectivity index (χ3v) is 4.81. The van der Waals surface area contributed by atoms with Gasteiger partial charge in [-0.1, -0.05) is 64.5 Å². The monoisotopic (exact) mass is 344 g/mol. The molecule has 1 aliphatic heterocycles. The fourth-order valence-electron chi connectivity index (χ4n) is 2.91. The van der Waals surface area contributed by atoms with Crippen LogP contribution in [0.15, 0.2) is 59.1 Å². The van der Waals surface area contributed by atoms with Crippen molar-refractivity contribution in [2.24, 2.45) is 0 Å². The van der Waals surface area contributed by atoms with Gasteiger partial charge >= 0.3 is 0 Å². The van der Waals surface area contributed by atoms with E-state index >= 15 is 0 Å². The summed E-state index contributed by atoms with van der Waals surface area (Å²) >= 11 is 3.66. The van der Waals surface area contributed by atoms with Gasteiger partial charge < -0.3 is 5.32 Å². The standard InChI is InChI=1S/C18H21BrN2/c19-17-10-5-4-9-16(17)13-21-12-6-11-20-18(14-21)15-7-2-1-3-8-15/h1-5,7-10,18,20H,6,11-14H2. The molecule has 1 unspecified atom stereocenters. The molecule has 110 valence electrons. The van der Waals surface area contributed by atoms with Gasteiger partial charge in [-0.25, -0.2) is 0 Å². The fourth-order valence-corrected chi connectivity index (χ4v) is 3.32. The Hall–Kier alpha value is -1.16. The van der Waals surface area contributed by atoms with Crippen LogP contribution >= 0.6 is 15.9 Å². The first-order valence-corrected chi connectivity index (χ1v) is 8.36. The molecule has 3 rings (SSSR count). The van der Waals surface area contributed by atoms with Crippen LogP contribution in [0.3, 0.4) is 0 Å². The average molecular weight is 345 g/mol. The van der Waals surface area contributed by atoms with E-state index in [-0.39, 0.29) is 0 Å². The molecular weight excluding hydrogens is 324 g/mol. The van der Waals surface area contributed by atoms with Crippen LogP contribution in [0, 0.1) is 0 Å². The topological polar surface area (TPSA) is 15.3 Å². The zero-order chi connectivity index (χ0) is 14.5. The molecule has 1 saturated heterocycles. The highest BCUT2D eigenvalue weighted by molar-refractivity contribution is 9.10. The predicted octanol–water partition coefficient (Wildman–Crippen LogP) is 3.99. The molecule has 1 atom stereocenters. The number of nitrogens with zero attached hydrogens (tertiary/aromatic N) is 1. The Morgan fingerprint density at radius 2 is 1.81 bits per heavy atom. The maximum Gasteiger partial charge on any atom is 0.0449 e. The van der Waals surface area contributed by atoms with Crippen molar-refractivity contribution in [3.8, 4) is 0 Å². The van der Waals surface area contributed by atoms with Gasteiger partial charge in [0.05, 0.1) is 0 Å². The van der Waals surface area contributed by atoms with Crippen molar-refractivity contribution < 1.29 is 0 Å². The van der Waals surface area contributed by atoms with E-state index in [4.69, 9.17) is 0 Å². The van der Waals surface area contributed by atoms with Gasteiger partial charge in [0.1, 0.15) is 0 Å². The number of nitrogens with one attached hydrogen (secondary N) is 1. The second-order valence-corrected chi connectivity index (χ2v) is 6.45. The second-order valence-electron chi connectivity index (χ2n) is 5.60. The van der Waals surface area contributed by atoms with Crippen molar-refractivity contribution >= 4 is 15.9 Å².